The van der Waals surface area contributed by atoms with Gasteiger partial charge in [0.15, 0.2) is 22.9 Å². The van der Waals surface area contributed by atoms with Gasteiger partial charge in [-0.1, -0.05) is 6.07 Å². The van der Waals surface area contributed by atoms with Crippen molar-refractivity contribution in [2.75, 3.05) is 13.7 Å². The molecule has 0 amide bonds. The van der Waals surface area contributed by atoms with Gasteiger partial charge in [-0.3, -0.25) is 10.0 Å². The van der Waals surface area contributed by atoms with Gasteiger partial charge in [-0.15, -0.1) is 4.91 Å². The van der Waals surface area contributed by atoms with E-state index in [4.69, 9.17) is 14.2 Å². The quantitative estimate of drug-likeness (QED) is 0.289. The summed E-state index contributed by atoms with van der Waals surface area (Å²) in [7, 11) is 1.48. The van der Waals surface area contributed by atoms with Crippen LogP contribution in [0.25, 0.3) is 10.9 Å². The maximum Gasteiger partial charge on any atom is 0.310 e. The molecule has 2 aromatic carbocycles. The minimum Gasteiger partial charge on any atom is -0.493 e. The van der Waals surface area contributed by atoms with Gasteiger partial charge in [0.1, 0.15) is 0 Å². The number of methoxy groups -OCH3 is 1. The molecule has 1 heterocycles. The number of carbonyl (C=O) groups is 1. The summed E-state index contributed by atoms with van der Waals surface area (Å²) in [6.45, 7) is 2.06. The van der Waals surface area contributed by atoms with Crippen molar-refractivity contribution in [3.8, 4) is 17.2 Å². The average Bonchev–Trinajstić information content (AvgIpc) is 2.69. The Morgan fingerprint density at radius 3 is 2.64 bits per heavy atom. The monoisotopic (exact) mass is 383 g/mol. The van der Waals surface area contributed by atoms with E-state index in [1.807, 2.05) is 0 Å². The van der Waals surface area contributed by atoms with Gasteiger partial charge in [0.25, 0.3) is 5.52 Å². The van der Waals surface area contributed by atoms with Crippen molar-refractivity contribution in [2.45, 2.75) is 13.3 Å². The van der Waals surface area contributed by atoms with Gasteiger partial charge >= 0.3 is 5.97 Å². The zero-order valence-electron chi connectivity index (χ0n) is 15.4. The van der Waals surface area contributed by atoms with E-state index in [9.17, 15) is 14.9 Å². The van der Waals surface area contributed by atoms with Crippen LogP contribution in [0.3, 0.4) is 0 Å². The Hall–Kier alpha value is -3.68. The summed E-state index contributed by atoms with van der Waals surface area (Å²) < 4.78 is 17.0. The number of pyridine rings is 1. The fourth-order valence-electron chi connectivity index (χ4n) is 2.82. The van der Waals surface area contributed by atoms with E-state index in [-0.39, 0.29) is 23.8 Å². The predicted molar refractivity (Wildman–Crippen MR) is 100 cm³/mol. The van der Waals surface area contributed by atoms with Crippen molar-refractivity contribution in [1.29, 1.82) is 0 Å². The molecule has 0 unspecified atom stereocenters. The molecule has 0 aliphatic carbocycles. The van der Waals surface area contributed by atoms with E-state index >= 15 is 0 Å². The van der Waals surface area contributed by atoms with Crippen molar-refractivity contribution in [1.82, 2.24) is 0 Å². The average molecular weight is 383 g/mol. The summed E-state index contributed by atoms with van der Waals surface area (Å²) in [4.78, 5) is 23.1. The van der Waals surface area contributed by atoms with Crippen molar-refractivity contribution in [2.24, 2.45) is 5.18 Å². The van der Waals surface area contributed by atoms with E-state index in [1.54, 1.807) is 43.3 Å². The standard InChI is InChI=1S/C20H19N2O6/c1-3-27-19(23)12-13-6-8-16(18(11-13)26-2)28-17-9-7-15-14(20(17)21-24)5-4-10-22(15)25/h4-11,25H,3,12H2,1-2H3/q+1. The molecular weight excluding hydrogens is 364 g/mol. The summed E-state index contributed by atoms with van der Waals surface area (Å²) >= 11 is 0. The summed E-state index contributed by atoms with van der Waals surface area (Å²) in [5.74, 6) is 0.624. The second-order valence-electron chi connectivity index (χ2n) is 5.86. The minimum absolute atomic E-state index is 0.0542. The molecule has 0 radical (unpaired) electrons. The van der Waals surface area contributed by atoms with Crippen LogP contribution in [-0.4, -0.2) is 24.9 Å². The number of carbonyl (C=O) groups excluding carboxylic acids is 1. The molecule has 0 aliphatic heterocycles. The van der Waals surface area contributed by atoms with Gasteiger partial charge < -0.3 is 14.2 Å². The molecule has 8 heteroatoms. The lowest BCUT2D eigenvalue weighted by Gasteiger charge is -2.13. The first kappa shape index (κ1) is 19.1. The molecule has 3 aromatic rings. The van der Waals surface area contributed by atoms with Gasteiger partial charge in [0.2, 0.25) is 6.20 Å². The molecule has 144 valence electrons. The number of hydrogen-bond donors (Lipinski definition) is 1. The van der Waals surface area contributed by atoms with Crippen LogP contribution < -0.4 is 14.2 Å². The Labute approximate surface area is 160 Å². The fraction of sp³-hybridized carbons (Fsp3) is 0.200. The number of esters is 1. The molecular formula is C20H19N2O6+. The van der Waals surface area contributed by atoms with Crippen LogP contribution >= 0.6 is 0 Å². The van der Waals surface area contributed by atoms with Crippen LogP contribution in [0, 0.1) is 4.91 Å². The highest BCUT2D eigenvalue weighted by Gasteiger charge is 2.18. The molecule has 8 nitrogen and oxygen atoms in total. The molecule has 1 aromatic heterocycles. The maximum atomic E-state index is 11.7. The predicted octanol–water partition coefficient (Wildman–Crippen LogP) is 3.67. The van der Waals surface area contributed by atoms with Gasteiger partial charge in [0, 0.05) is 16.9 Å². The van der Waals surface area contributed by atoms with Crippen molar-refractivity contribution >= 4 is 22.6 Å². The molecule has 0 aliphatic rings. The lowest BCUT2D eigenvalue weighted by atomic mass is 10.1. The topological polar surface area (TPSA) is 98.3 Å². The summed E-state index contributed by atoms with van der Waals surface area (Å²) in [5, 5.41) is 13.4. The van der Waals surface area contributed by atoms with Crippen LogP contribution in [0.2, 0.25) is 0 Å². The van der Waals surface area contributed by atoms with Gasteiger partial charge in [-0.25, -0.2) is 0 Å². The molecule has 0 bridgehead atoms. The molecule has 3 rings (SSSR count). The molecule has 0 spiro atoms. The zero-order valence-corrected chi connectivity index (χ0v) is 15.4. The highest BCUT2D eigenvalue weighted by molar-refractivity contribution is 5.91. The normalized spacial score (nSPS) is 10.5. The molecule has 0 fully saturated rings. The number of rotatable bonds is 7. The van der Waals surface area contributed by atoms with E-state index in [2.05, 4.69) is 5.18 Å². The Kier molecular flexibility index (Phi) is 5.69. The Balaban J connectivity index is 1.95. The third kappa shape index (κ3) is 3.85. The van der Waals surface area contributed by atoms with Gasteiger partial charge in [0.05, 0.1) is 25.5 Å². The minimum atomic E-state index is -0.336. The fourth-order valence-corrected chi connectivity index (χ4v) is 2.82. The Morgan fingerprint density at radius 1 is 1.14 bits per heavy atom. The van der Waals surface area contributed by atoms with E-state index in [0.29, 0.717) is 34.6 Å². The van der Waals surface area contributed by atoms with Gasteiger partial charge in [-0.05, 0) is 41.9 Å². The maximum absolute atomic E-state index is 11.7. The number of nitrogens with zero attached hydrogens (tertiary/aromatic N) is 2. The van der Waals surface area contributed by atoms with Crippen molar-refractivity contribution in [3.05, 3.63) is 59.1 Å². The number of benzene rings is 2. The van der Waals surface area contributed by atoms with Crippen LogP contribution in [-0.2, 0) is 16.0 Å². The molecule has 28 heavy (non-hydrogen) atoms. The lowest BCUT2D eigenvalue weighted by molar-refractivity contribution is -0.884. The molecule has 0 atom stereocenters. The Morgan fingerprint density at radius 2 is 1.93 bits per heavy atom. The van der Waals surface area contributed by atoms with Crippen LogP contribution in [0.5, 0.6) is 17.2 Å². The second kappa shape index (κ2) is 8.34. The largest absolute Gasteiger partial charge is 0.493 e. The van der Waals surface area contributed by atoms with Crippen LogP contribution in [0.1, 0.15) is 12.5 Å². The first-order valence-corrected chi connectivity index (χ1v) is 8.57. The summed E-state index contributed by atoms with van der Waals surface area (Å²) in [5.41, 5.74) is 1.18. The summed E-state index contributed by atoms with van der Waals surface area (Å²) in [6, 6.07) is 11.4. The molecule has 0 saturated heterocycles. The summed E-state index contributed by atoms with van der Waals surface area (Å²) in [6.07, 6.45) is 1.56. The highest BCUT2D eigenvalue weighted by atomic mass is 16.5. The number of aromatic nitrogens is 1. The van der Waals surface area contributed by atoms with Crippen molar-refractivity contribution in [3.63, 3.8) is 0 Å². The third-order valence-corrected chi connectivity index (χ3v) is 4.09. The van der Waals surface area contributed by atoms with Crippen LogP contribution in [0.4, 0.5) is 5.69 Å². The smallest absolute Gasteiger partial charge is 0.310 e. The SMILES string of the molecule is CCOC(=O)Cc1ccc(Oc2ccc3c(ccc[n+]3O)c2N=O)c(OC)c1. The first-order valence-electron chi connectivity index (χ1n) is 8.57. The Bertz CT molecular complexity index is 1030. The number of fused-ring (bicyclic) bond motifs is 1. The molecule has 1 N–H and O–H groups in total. The van der Waals surface area contributed by atoms with Crippen LogP contribution in [0.15, 0.2) is 53.8 Å². The lowest BCUT2D eigenvalue weighted by Crippen LogP contribution is -2.29. The molecule has 0 saturated carbocycles. The zero-order chi connectivity index (χ0) is 20.1. The number of nitroso groups, excluding NO2 is 1. The van der Waals surface area contributed by atoms with E-state index < -0.39 is 0 Å². The van der Waals surface area contributed by atoms with E-state index in [0.717, 1.165) is 4.73 Å². The highest BCUT2D eigenvalue weighted by Crippen LogP contribution is 2.40. The second-order valence-corrected chi connectivity index (χ2v) is 5.86. The number of hydrogen-bond acceptors (Lipinski definition) is 7. The van der Waals surface area contributed by atoms with Gasteiger partial charge in [-0.2, -0.15) is 0 Å². The van der Waals surface area contributed by atoms with E-state index in [1.165, 1.54) is 19.4 Å². The number of ether oxygens (including phenoxy) is 3. The third-order valence-electron chi connectivity index (χ3n) is 4.09. The first-order chi connectivity index (χ1) is 13.6. The van der Waals surface area contributed by atoms with Crippen molar-refractivity contribution < 1.29 is 28.9 Å².